The van der Waals surface area contributed by atoms with Crippen LogP contribution < -0.4 is 5.32 Å². The van der Waals surface area contributed by atoms with Crippen molar-refractivity contribution in [2.45, 2.75) is 51.5 Å². The van der Waals surface area contributed by atoms with Crippen LogP contribution in [0.5, 0.6) is 0 Å². The zero-order valence-electron chi connectivity index (χ0n) is 22.9. The molecule has 12 nitrogen and oxygen atoms in total. The second-order valence-electron chi connectivity index (χ2n) is 9.81. The predicted molar refractivity (Wildman–Crippen MR) is 147 cm³/mol. The number of hydrogen-bond acceptors (Lipinski definition) is 7. The molecule has 42 heavy (non-hydrogen) atoms. The molecule has 0 spiro atoms. The minimum atomic E-state index is -1.08. The van der Waals surface area contributed by atoms with Crippen LogP contribution in [0.15, 0.2) is 49.2 Å². The van der Waals surface area contributed by atoms with Crippen LogP contribution in [-0.4, -0.2) is 64.0 Å². The SMILES string of the molecule is Cc1cc(F)c(C(=O)Nc2cccc(-c3nncn3[C@@H](C)CF)n2)cc1-n1cnc(C2CC2)c1.O=C(O)CCC(=O)O. The molecule has 4 aromatic rings. The molecular weight excluding hydrogens is 552 g/mol. The highest BCUT2D eigenvalue weighted by Gasteiger charge is 2.26. The van der Waals surface area contributed by atoms with Crippen LogP contribution >= 0.6 is 0 Å². The van der Waals surface area contributed by atoms with Crippen molar-refractivity contribution >= 4 is 23.7 Å². The number of amides is 1. The van der Waals surface area contributed by atoms with E-state index in [0.29, 0.717) is 28.7 Å². The lowest BCUT2D eigenvalue weighted by molar-refractivity contribution is -0.143. The molecule has 1 aromatic carbocycles. The Morgan fingerprint density at radius 2 is 1.83 bits per heavy atom. The minimum absolute atomic E-state index is 0.108. The Morgan fingerprint density at radius 3 is 2.48 bits per heavy atom. The van der Waals surface area contributed by atoms with Crippen LogP contribution in [0.3, 0.4) is 0 Å². The first-order valence-electron chi connectivity index (χ1n) is 13.1. The third-order valence-electron chi connectivity index (χ3n) is 6.45. The van der Waals surface area contributed by atoms with Gasteiger partial charge < -0.3 is 24.7 Å². The van der Waals surface area contributed by atoms with Gasteiger partial charge in [-0.15, -0.1) is 10.2 Å². The van der Waals surface area contributed by atoms with Crippen molar-refractivity contribution in [2.75, 3.05) is 12.0 Å². The van der Waals surface area contributed by atoms with E-state index in [9.17, 15) is 23.2 Å². The van der Waals surface area contributed by atoms with E-state index in [-0.39, 0.29) is 24.2 Å². The van der Waals surface area contributed by atoms with Crippen LogP contribution in [0.4, 0.5) is 14.6 Å². The number of rotatable bonds is 10. The van der Waals surface area contributed by atoms with Crippen molar-refractivity contribution in [3.05, 3.63) is 71.8 Å². The number of anilines is 1. The summed E-state index contributed by atoms with van der Waals surface area (Å²) in [5, 5.41) is 26.3. The normalized spacial score (nSPS) is 13.1. The van der Waals surface area contributed by atoms with Gasteiger partial charge in [0.15, 0.2) is 5.82 Å². The molecule has 0 unspecified atom stereocenters. The molecule has 3 N–H and O–H groups in total. The maximum atomic E-state index is 14.8. The first-order chi connectivity index (χ1) is 20.1. The summed E-state index contributed by atoms with van der Waals surface area (Å²) in [5.41, 5.74) is 2.68. The lowest BCUT2D eigenvalue weighted by Crippen LogP contribution is -2.16. The van der Waals surface area contributed by atoms with Crippen molar-refractivity contribution in [1.82, 2.24) is 29.3 Å². The number of alkyl halides is 1. The average Bonchev–Trinajstić information content (AvgIpc) is 3.47. The molecule has 1 fully saturated rings. The van der Waals surface area contributed by atoms with Crippen molar-refractivity contribution in [3.8, 4) is 17.2 Å². The number of imidazole rings is 1. The Labute approximate surface area is 239 Å². The van der Waals surface area contributed by atoms with E-state index in [2.05, 4.69) is 25.5 Å². The van der Waals surface area contributed by atoms with E-state index in [1.54, 1.807) is 42.9 Å². The van der Waals surface area contributed by atoms with Gasteiger partial charge in [0, 0.05) is 12.1 Å². The van der Waals surface area contributed by atoms with Gasteiger partial charge in [0.05, 0.1) is 42.2 Å². The highest BCUT2D eigenvalue weighted by atomic mass is 19.1. The number of benzene rings is 1. The van der Waals surface area contributed by atoms with Gasteiger partial charge in [-0.2, -0.15) is 0 Å². The van der Waals surface area contributed by atoms with E-state index in [4.69, 9.17) is 10.2 Å². The van der Waals surface area contributed by atoms with Crippen LogP contribution in [-0.2, 0) is 9.59 Å². The molecular formula is C28H29F2N7O5. The van der Waals surface area contributed by atoms with Gasteiger partial charge in [-0.1, -0.05) is 6.07 Å². The number of aliphatic carboxylic acids is 2. The first kappa shape index (κ1) is 30.0. The molecule has 1 atom stereocenters. The number of hydrogen-bond donors (Lipinski definition) is 3. The monoisotopic (exact) mass is 581 g/mol. The van der Waals surface area contributed by atoms with Crippen LogP contribution in [0.1, 0.15) is 66.2 Å². The lowest BCUT2D eigenvalue weighted by atomic mass is 10.1. The Balaban J connectivity index is 0.000000446. The summed E-state index contributed by atoms with van der Waals surface area (Å²) in [7, 11) is 0. The Morgan fingerprint density at radius 1 is 1.12 bits per heavy atom. The topological polar surface area (TPSA) is 165 Å². The first-order valence-corrected chi connectivity index (χ1v) is 13.1. The molecule has 0 aliphatic heterocycles. The molecule has 1 saturated carbocycles. The van der Waals surface area contributed by atoms with Gasteiger partial charge in [0.2, 0.25) is 0 Å². The van der Waals surface area contributed by atoms with Crippen molar-refractivity contribution < 1.29 is 33.4 Å². The number of carboxylic acid groups (broad SMARTS) is 2. The quantitative estimate of drug-likeness (QED) is 0.243. The fourth-order valence-corrected chi connectivity index (χ4v) is 4.02. The molecule has 0 radical (unpaired) electrons. The molecule has 0 saturated heterocycles. The van der Waals surface area contributed by atoms with E-state index in [1.165, 1.54) is 18.5 Å². The molecule has 220 valence electrons. The second-order valence-corrected chi connectivity index (χ2v) is 9.81. The van der Waals surface area contributed by atoms with Crippen LogP contribution in [0, 0.1) is 12.7 Å². The Bertz CT molecular complexity index is 1580. The maximum Gasteiger partial charge on any atom is 0.303 e. The van der Waals surface area contributed by atoms with E-state index < -0.39 is 36.4 Å². The maximum absolute atomic E-state index is 14.8. The molecule has 1 aliphatic rings. The zero-order chi connectivity index (χ0) is 30.4. The summed E-state index contributed by atoms with van der Waals surface area (Å²) >= 11 is 0. The highest BCUT2D eigenvalue weighted by molar-refractivity contribution is 6.04. The summed E-state index contributed by atoms with van der Waals surface area (Å²) in [4.78, 5) is 41.1. The number of aromatic nitrogens is 6. The molecule has 14 heteroatoms. The van der Waals surface area contributed by atoms with Gasteiger partial charge >= 0.3 is 11.9 Å². The number of carboxylic acids is 2. The number of carbonyl (C=O) groups is 3. The molecule has 5 rings (SSSR count). The smallest absolute Gasteiger partial charge is 0.303 e. The number of pyridine rings is 1. The standard InChI is InChI=1S/C24H23F2N7O.C4H6O4/c1-14-8-18(26)17(9-21(14)32-11-20(27-12-32)16-6-7-16)24(34)30-22-5-3-4-19(29-22)23-31-28-13-33(23)15(2)10-25;5-3(6)1-2-4(7)8/h3-5,8-9,11-13,15-16H,6-7,10H2,1-2H3,(H,29,30,34);1-2H2,(H,5,6)(H,7,8)/t15-;/m0./s1. The van der Waals surface area contributed by atoms with E-state index in [0.717, 1.165) is 18.5 Å². The van der Waals surface area contributed by atoms with E-state index in [1.807, 2.05) is 10.8 Å². The number of carbonyl (C=O) groups excluding carboxylic acids is 1. The lowest BCUT2D eigenvalue weighted by Gasteiger charge is -2.13. The molecule has 3 aromatic heterocycles. The fourth-order valence-electron chi connectivity index (χ4n) is 4.02. The zero-order valence-corrected chi connectivity index (χ0v) is 22.9. The van der Waals surface area contributed by atoms with Gasteiger partial charge in [-0.3, -0.25) is 14.4 Å². The molecule has 1 amide bonds. The molecule has 3 heterocycles. The summed E-state index contributed by atoms with van der Waals surface area (Å²) in [5.74, 6) is -2.35. The minimum Gasteiger partial charge on any atom is -0.481 e. The summed E-state index contributed by atoms with van der Waals surface area (Å²) in [6.07, 6.45) is 6.71. The predicted octanol–water partition coefficient (Wildman–Crippen LogP) is 4.57. The Hall–Kier alpha value is -5.01. The third kappa shape index (κ3) is 7.38. The largest absolute Gasteiger partial charge is 0.481 e. The molecule has 0 bridgehead atoms. The summed E-state index contributed by atoms with van der Waals surface area (Å²) in [6.45, 7) is 2.90. The van der Waals surface area contributed by atoms with Crippen molar-refractivity contribution in [2.24, 2.45) is 0 Å². The van der Waals surface area contributed by atoms with Gasteiger partial charge in [-0.05, 0) is 56.5 Å². The molecule has 1 aliphatic carbocycles. The second kappa shape index (κ2) is 13.1. The van der Waals surface area contributed by atoms with E-state index >= 15 is 0 Å². The van der Waals surface area contributed by atoms with Crippen molar-refractivity contribution in [1.29, 1.82) is 0 Å². The van der Waals surface area contributed by atoms with Gasteiger partial charge in [-0.25, -0.2) is 18.7 Å². The Kier molecular flexibility index (Phi) is 9.35. The number of halogens is 2. The van der Waals surface area contributed by atoms with Crippen molar-refractivity contribution in [3.63, 3.8) is 0 Å². The highest BCUT2D eigenvalue weighted by Crippen LogP contribution is 2.39. The van der Waals surface area contributed by atoms with Gasteiger partial charge in [0.25, 0.3) is 5.91 Å². The summed E-state index contributed by atoms with van der Waals surface area (Å²) < 4.78 is 31.3. The number of aryl methyl sites for hydroxylation is 1. The van der Waals surface area contributed by atoms with Crippen LogP contribution in [0.2, 0.25) is 0 Å². The van der Waals surface area contributed by atoms with Gasteiger partial charge in [0.1, 0.15) is 30.3 Å². The number of nitrogens with one attached hydrogen (secondary N) is 1. The fraction of sp³-hybridized carbons (Fsp3) is 0.321. The third-order valence-corrected chi connectivity index (χ3v) is 6.45. The van der Waals surface area contributed by atoms with Crippen LogP contribution in [0.25, 0.3) is 17.2 Å². The summed E-state index contributed by atoms with van der Waals surface area (Å²) in [6, 6.07) is 7.34. The average molecular weight is 582 g/mol. The number of nitrogens with zero attached hydrogens (tertiary/aromatic N) is 6.